The van der Waals surface area contributed by atoms with Crippen molar-refractivity contribution >= 4 is 58.4 Å². The van der Waals surface area contributed by atoms with Gasteiger partial charge in [-0.1, -0.05) is 34.8 Å². The van der Waals surface area contributed by atoms with E-state index in [1.807, 2.05) is 11.9 Å². The highest BCUT2D eigenvalue weighted by molar-refractivity contribution is 6.36. The van der Waals surface area contributed by atoms with Crippen LogP contribution in [0.5, 0.6) is 0 Å². The molecule has 1 saturated heterocycles. The summed E-state index contributed by atoms with van der Waals surface area (Å²) in [5, 5.41) is 12.4. The fraction of sp³-hybridized carbons (Fsp3) is 0.172. The molecule has 0 saturated carbocycles. The van der Waals surface area contributed by atoms with Gasteiger partial charge >= 0.3 is 0 Å². The topological polar surface area (TPSA) is 94.3 Å². The number of hydrogen-bond donors (Lipinski definition) is 2. The van der Waals surface area contributed by atoms with Gasteiger partial charge in [0.15, 0.2) is 5.82 Å². The summed E-state index contributed by atoms with van der Waals surface area (Å²) in [5.41, 5.74) is 1.72. The van der Waals surface area contributed by atoms with Gasteiger partial charge < -0.3 is 20.5 Å². The first-order valence-corrected chi connectivity index (χ1v) is 13.6. The van der Waals surface area contributed by atoms with E-state index in [9.17, 15) is 9.59 Å². The molecule has 2 N–H and O–H groups in total. The Morgan fingerprint density at radius 1 is 0.925 bits per heavy atom. The van der Waals surface area contributed by atoms with Crippen LogP contribution in [0.2, 0.25) is 15.1 Å². The van der Waals surface area contributed by atoms with Crippen LogP contribution < -0.4 is 10.9 Å². The predicted molar refractivity (Wildman–Crippen MR) is 161 cm³/mol. The minimum atomic E-state index is -0.474. The molecule has 8 nitrogen and oxygen atoms in total. The lowest BCUT2D eigenvalue weighted by Crippen LogP contribution is -2.47. The Labute approximate surface area is 246 Å². The molecule has 0 aliphatic carbocycles. The van der Waals surface area contributed by atoms with Crippen LogP contribution in [0.1, 0.15) is 15.9 Å². The summed E-state index contributed by atoms with van der Waals surface area (Å²) < 4.78 is 1.38. The lowest BCUT2D eigenvalue weighted by molar-refractivity contribution is 0.0664. The van der Waals surface area contributed by atoms with Crippen molar-refractivity contribution in [3.8, 4) is 17.1 Å². The fourth-order valence-corrected chi connectivity index (χ4v) is 5.08. The number of halogens is 3. The van der Waals surface area contributed by atoms with Crippen molar-refractivity contribution in [1.29, 1.82) is 5.41 Å². The van der Waals surface area contributed by atoms with E-state index < -0.39 is 5.56 Å². The molecule has 5 rings (SSSR count). The minimum absolute atomic E-state index is 0.0248. The molecule has 204 valence electrons. The number of benzene rings is 3. The average molecular weight is 596 g/mol. The molecule has 0 bridgehead atoms. The fourth-order valence-electron chi connectivity index (χ4n) is 4.47. The van der Waals surface area contributed by atoms with Gasteiger partial charge in [0.25, 0.3) is 11.5 Å². The zero-order chi connectivity index (χ0) is 28.4. The Kier molecular flexibility index (Phi) is 8.23. The molecule has 1 fully saturated rings. The second-order valence-electron chi connectivity index (χ2n) is 9.38. The van der Waals surface area contributed by atoms with E-state index in [0.29, 0.717) is 50.7 Å². The highest BCUT2D eigenvalue weighted by atomic mass is 35.5. The predicted octanol–water partition coefficient (Wildman–Crippen LogP) is 5.99. The number of carbonyl (C=O) groups excluding carboxylic acids is 1. The van der Waals surface area contributed by atoms with Crippen LogP contribution in [0.25, 0.3) is 17.1 Å². The maximum Gasteiger partial charge on any atom is 0.269 e. The first kappa shape index (κ1) is 27.9. The molecule has 0 radical (unpaired) electrons. The van der Waals surface area contributed by atoms with Gasteiger partial charge in [0.1, 0.15) is 11.4 Å². The van der Waals surface area contributed by atoms with Gasteiger partial charge in [0.2, 0.25) is 0 Å². The van der Waals surface area contributed by atoms with E-state index in [1.165, 1.54) is 4.57 Å². The second-order valence-corrected chi connectivity index (χ2v) is 10.7. The molecule has 1 aliphatic rings. The molecule has 4 aromatic rings. The Morgan fingerprint density at radius 2 is 1.57 bits per heavy atom. The van der Waals surface area contributed by atoms with E-state index in [1.54, 1.807) is 66.7 Å². The first-order chi connectivity index (χ1) is 19.2. The van der Waals surface area contributed by atoms with Crippen LogP contribution >= 0.6 is 34.8 Å². The molecule has 3 aromatic carbocycles. The number of likely N-dealkylation sites (N-methyl/N-ethyl adjacent to an activating group) is 1. The summed E-state index contributed by atoms with van der Waals surface area (Å²) in [7, 11) is 2.04. The second kappa shape index (κ2) is 11.8. The maximum atomic E-state index is 13.8. The average Bonchev–Trinajstić information content (AvgIpc) is 2.94. The lowest BCUT2D eigenvalue weighted by Gasteiger charge is -2.32. The number of rotatable bonds is 6. The summed E-state index contributed by atoms with van der Waals surface area (Å²) in [5.74, 6) is 0.400. The van der Waals surface area contributed by atoms with E-state index in [0.717, 1.165) is 19.3 Å². The van der Waals surface area contributed by atoms with Crippen LogP contribution in [0, 0.1) is 5.41 Å². The SMILES string of the molecule is CN1CCN(C(=O)c2ccc(Nc3nc(-c4ccc(Cl)cc4Cl)n(-c4ccc(Cl)cc4)c(=O)c3C=N)cc2)CC1. The Hall–Kier alpha value is -3.69. The molecule has 40 heavy (non-hydrogen) atoms. The van der Waals surface area contributed by atoms with Crippen LogP contribution in [0.15, 0.2) is 71.5 Å². The third-order valence-corrected chi connectivity index (χ3v) is 7.50. The zero-order valence-corrected chi connectivity index (χ0v) is 23.8. The molecular weight excluding hydrogens is 571 g/mol. The number of piperazine rings is 1. The van der Waals surface area contributed by atoms with Gasteiger partial charge in [0.05, 0.1) is 10.7 Å². The van der Waals surface area contributed by atoms with Crippen LogP contribution in [0.3, 0.4) is 0 Å². The molecule has 1 amide bonds. The number of anilines is 2. The highest BCUT2D eigenvalue weighted by Crippen LogP contribution is 2.32. The van der Waals surface area contributed by atoms with E-state index in [-0.39, 0.29) is 23.1 Å². The smallest absolute Gasteiger partial charge is 0.269 e. The first-order valence-electron chi connectivity index (χ1n) is 12.5. The molecular formula is C29H25Cl3N6O2. The number of amides is 1. The third-order valence-electron chi connectivity index (χ3n) is 6.70. The molecule has 0 atom stereocenters. The molecule has 1 aromatic heterocycles. The van der Waals surface area contributed by atoms with Crippen molar-refractivity contribution in [2.24, 2.45) is 0 Å². The Bertz CT molecular complexity index is 1630. The van der Waals surface area contributed by atoms with Crippen molar-refractivity contribution < 1.29 is 4.79 Å². The summed E-state index contributed by atoms with van der Waals surface area (Å²) in [6.45, 7) is 3.04. The van der Waals surface area contributed by atoms with Gasteiger partial charge in [-0.15, -0.1) is 0 Å². The summed E-state index contributed by atoms with van der Waals surface area (Å²) in [4.78, 5) is 35.5. The van der Waals surface area contributed by atoms with Crippen molar-refractivity contribution in [1.82, 2.24) is 19.4 Å². The van der Waals surface area contributed by atoms with Gasteiger partial charge in [-0.3, -0.25) is 14.2 Å². The monoisotopic (exact) mass is 594 g/mol. The zero-order valence-electron chi connectivity index (χ0n) is 21.5. The Balaban J connectivity index is 1.55. The van der Waals surface area contributed by atoms with Crippen molar-refractivity contribution in [2.75, 3.05) is 38.5 Å². The molecule has 0 spiro atoms. The van der Waals surface area contributed by atoms with Crippen LogP contribution in [0.4, 0.5) is 11.5 Å². The molecule has 11 heteroatoms. The van der Waals surface area contributed by atoms with Crippen molar-refractivity contribution in [2.45, 2.75) is 0 Å². The molecule has 2 heterocycles. The number of nitrogens with zero attached hydrogens (tertiary/aromatic N) is 4. The maximum absolute atomic E-state index is 13.8. The summed E-state index contributed by atoms with van der Waals surface area (Å²) >= 11 is 18.8. The van der Waals surface area contributed by atoms with Crippen molar-refractivity contribution in [3.63, 3.8) is 0 Å². The lowest BCUT2D eigenvalue weighted by atomic mass is 10.1. The Morgan fingerprint density at radius 3 is 2.20 bits per heavy atom. The van der Waals surface area contributed by atoms with Crippen molar-refractivity contribution in [3.05, 3.63) is 103 Å². The van der Waals surface area contributed by atoms with Gasteiger partial charge in [-0.05, 0) is 73.8 Å². The van der Waals surface area contributed by atoms with Gasteiger partial charge in [-0.25, -0.2) is 4.98 Å². The molecule has 0 unspecified atom stereocenters. The van der Waals surface area contributed by atoms with E-state index in [4.69, 9.17) is 45.2 Å². The largest absolute Gasteiger partial charge is 0.339 e. The normalized spacial score (nSPS) is 13.8. The van der Waals surface area contributed by atoms with E-state index in [2.05, 4.69) is 10.2 Å². The number of nitrogens with one attached hydrogen (secondary N) is 2. The van der Waals surface area contributed by atoms with Crippen LogP contribution in [-0.2, 0) is 0 Å². The third kappa shape index (κ3) is 5.76. The van der Waals surface area contributed by atoms with Crippen LogP contribution in [-0.4, -0.2) is 64.7 Å². The number of carbonyl (C=O) groups is 1. The highest BCUT2D eigenvalue weighted by Gasteiger charge is 2.22. The van der Waals surface area contributed by atoms with Gasteiger partial charge in [-0.2, -0.15) is 0 Å². The number of aromatic nitrogens is 2. The van der Waals surface area contributed by atoms with Gasteiger partial charge in [0, 0.05) is 59.3 Å². The molecule has 1 aliphatic heterocycles. The minimum Gasteiger partial charge on any atom is -0.339 e. The summed E-state index contributed by atoms with van der Waals surface area (Å²) in [6, 6.07) is 18.6. The van der Waals surface area contributed by atoms with E-state index >= 15 is 0 Å². The summed E-state index contributed by atoms with van der Waals surface area (Å²) in [6.07, 6.45) is 0.961. The quantitative estimate of drug-likeness (QED) is 0.267. The number of hydrogen-bond acceptors (Lipinski definition) is 6. The standard InChI is InChI=1S/C29H25Cl3N6O2/c1-36-12-14-37(15-13-36)28(39)18-2-7-21(8-3-18)34-26-24(17-33)29(40)38(22-9-4-19(30)5-10-22)27(35-26)23-11-6-20(31)16-25(23)32/h2-11,16-17,33-34H,12-15H2,1H3.